The fraction of sp³-hybridized carbons (Fsp3) is 0.300. The van der Waals surface area contributed by atoms with Crippen LogP contribution in [0.3, 0.4) is 0 Å². The molecular weight excluding hydrogens is 537 g/mol. The molecule has 200 valence electrons. The number of β-amino-alcohol motifs (C(OH)–C–C–N with tert-alkyl or cyclic N) is 1. The van der Waals surface area contributed by atoms with Crippen LogP contribution in [0.2, 0.25) is 10.0 Å². The topological polar surface area (TPSA) is 99.7 Å². The summed E-state index contributed by atoms with van der Waals surface area (Å²) in [6, 6.07) is 14.6. The van der Waals surface area contributed by atoms with E-state index in [1.54, 1.807) is 0 Å². The highest BCUT2D eigenvalue weighted by molar-refractivity contribution is 6.33. The molecule has 6 rings (SSSR count). The molecule has 0 amide bonds. The van der Waals surface area contributed by atoms with Gasteiger partial charge in [0, 0.05) is 33.8 Å². The predicted molar refractivity (Wildman–Crippen MR) is 150 cm³/mol. The van der Waals surface area contributed by atoms with Gasteiger partial charge in [-0.25, -0.2) is 9.78 Å². The number of benzene rings is 2. The van der Waals surface area contributed by atoms with Crippen LogP contribution in [0.15, 0.2) is 59.3 Å². The van der Waals surface area contributed by atoms with E-state index in [2.05, 4.69) is 10.1 Å². The van der Waals surface area contributed by atoms with Crippen LogP contribution in [-0.2, 0) is 18.4 Å². The maximum absolute atomic E-state index is 11.3. The van der Waals surface area contributed by atoms with Crippen LogP contribution in [0.5, 0.6) is 0 Å². The van der Waals surface area contributed by atoms with Crippen LogP contribution >= 0.6 is 23.2 Å². The van der Waals surface area contributed by atoms with E-state index in [9.17, 15) is 15.0 Å². The van der Waals surface area contributed by atoms with Gasteiger partial charge in [-0.15, -0.1) is 0 Å². The number of carboxylic acid groups (broad SMARTS) is 1. The first kappa shape index (κ1) is 25.9. The Hall–Kier alpha value is -3.39. The van der Waals surface area contributed by atoms with Gasteiger partial charge < -0.3 is 19.6 Å². The minimum absolute atomic E-state index is 0.156. The molecular formula is C30H27Cl2N3O4. The number of aryl methyl sites for hydroxylation is 2. The Morgan fingerprint density at radius 3 is 2.59 bits per heavy atom. The molecule has 0 spiro atoms. The summed E-state index contributed by atoms with van der Waals surface area (Å²) in [5, 5.41) is 26.1. The molecule has 1 aliphatic carbocycles. The van der Waals surface area contributed by atoms with Gasteiger partial charge in [-0.2, -0.15) is 0 Å². The third-order valence-corrected chi connectivity index (χ3v) is 8.27. The van der Waals surface area contributed by atoms with Crippen molar-refractivity contribution in [2.45, 2.75) is 44.1 Å². The molecule has 2 aromatic carbocycles. The Balaban J connectivity index is 1.19. The van der Waals surface area contributed by atoms with Gasteiger partial charge in [-0.05, 0) is 68.0 Å². The molecule has 1 saturated carbocycles. The SMILES string of the molecule is Cc1cccc(Cl)c1-c1noc(C2CC2)c1CCc1ccc(C2(O)CN(c3cc(C(=O)O)ccn3)C2)c(Cl)c1. The fourth-order valence-electron chi connectivity index (χ4n) is 5.36. The smallest absolute Gasteiger partial charge is 0.335 e. The first-order valence-corrected chi connectivity index (χ1v) is 13.7. The van der Waals surface area contributed by atoms with Crippen LogP contribution < -0.4 is 4.90 Å². The molecule has 2 N–H and O–H groups in total. The highest BCUT2D eigenvalue weighted by Gasteiger charge is 2.44. The summed E-state index contributed by atoms with van der Waals surface area (Å²) in [5.41, 5.74) is 4.59. The Bertz CT molecular complexity index is 1550. The molecule has 3 heterocycles. The van der Waals surface area contributed by atoms with Crippen molar-refractivity contribution in [3.8, 4) is 11.3 Å². The van der Waals surface area contributed by atoms with E-state index in [1.807, 2.05) is 48.2 Å². The second-order valence-electron chi connectivity index (χ2n) is 10.5. The second kappa shape index (κ2) is 9.97. The Morgan fingerprint density at radius 1 is 1.10 bits per heavy atom. The van der Waals surface area contributed by atoms with E-state index in [0.717, 1.165) is 59.4 Å². The van der Waals surface area contributed by atoms with Crippen molar-refractivity contribution in [2.24, 2.45) is 0 Å². The number of rotatable bonds is 8. The number of aromatic carboxylic acids is 1. The number of hydrogen-bond acceptors (Lipinski definition) is 6. The van der Waals surface area contributed by atoms with Crippen LogP contribution in [-0.4, -0.2) is 39.4 Å². The van der Waals surface area contributed by atoms with Crippen molar-refractivity contribution in [2.75, 3.05) is 18.0 Å². The molecule has 7 nitrogen and oxygen atoms in total. The quantitative estimate of drug-likeness (QED) is 0.255. The van der Waals surface area contributed by atoms with E-state index >= 15 is 0 Å². The van der Waals surface area contributed by atoms with Crippen LogP contribution in [0.25, 0.3) is 11.3 Å². The number of hydrogen-bond donors (Lipinski definition) is 2. The first-order valence-electron chi connectivity index (χ1n) is 12.9. The van der Waals surface area contributed by atoms with Crippen LogP contribution in [0.1, 0.15) is 57.1 Å². The molecule has 0 unspecified atom stereocenters. The molecule has 2 aromatic heterocycles. The Labute approximate surface area is 236 Å². The fourth-order valence-corrected chi connectivity index (χ4v) is 6.05. The zero-order chi connectivity index (χ0) is 27.3. The van der Waals surface area contributed by atoms with E-state index in [1.165, 1.54) is 18.3 Å². The summed E-state index contributed by atoms with van der Waals surface area (Å²) in [4.78, 5) is 17.4. The van der Waals surface area contributed by atoms with Gasteiger partial charge in [0.05, 0.1) is 23.7 Å². The number of halogens is 2. The lowest BCUT2D eigenvalue weighted by Gasteiger charge is -2.47. The van der Waals surface area contributed by atoms with E-state index in [0.29, 0.717) is 27.3 Å². The summed E-state index contributed by atoms with van der Waals surface area (Å²) >= 11 is 13.3. The molecule has 0 radical (unpaired) electrons. The molecule has 39 heavy (non-hydrogen) atoms. The third kappa shape index (κ3) is 4.91. The number of pyridine rings is 1. The van der Waals surface area contributed by atoms with Crippen molar-refractivity contribution in [1.29, 1.82) is 0 Å². The Morgan fingerprint density at radius 2 is 1.90 bits per heavy atom. The van der Waals surface area contributed by atoms with Gasteiger partial charge in [0.25, 0.3) is 0 Å². The number of aromatic nitrogens is 2. The maximum atomic E-state index is 11.3. The summed E-state index contributed by atoms with van der Waals surface area (Å²) in [6.45, 7) is 2.57. The molecule has 2 aliphatic rings. The third-order valence-electron chi connectivity index (χ3n) is 7.65. The van der Waals surface area contributed by atoms with E-state index < -0.39 is 11.6 Å². The standard InChI is InChI=1S/C30H27Cl2N3O4/c1-17-3-2-4-23(31)26(17)27-21(28(39-34-27)19-7-8-19)9-5-18-6-10-22(24(32)13-18)30(38)15-35(16-30)25-14-20(29(36)37)11-12-33-25/h2-4,6,10-14,19,38H,5,7-9,15-16H2,1H3,(H,36,37). The zero-order valence-corrected chi connectivity index (χ0v) is 22.8. The minimum Gasteiger partial charge on any atom is -0.478 e. The lowest BCUT2D eigenvalue weighted by Crippen LogP contribution is -2.60. The summed E-state index contributed by atoms with van der Waals surface area (Å²) in [7, 11) is 0. The van der Waals surface area contributed by atoms with Crippen LogP contribution in [0, 0.1) is 6.92 Å². The normalized spacial score (nSPS) is 16.3. The van der Waals surface area contributed by atoms with E-state index in [-0.39, 0.29) is 18.7 Å². The lowest BCUT2D eigenvalue weighted by molar-refractivity contribution is 0.00715. The van der Waals surface area contributed by atoms with Gasteiger partial charge in [-0.1, -0.05) is 52.6 Å². The molecule has 0 bridgehead atoms. The molecule has 2 fully saturated rings. The monoisotopic (exact) mass is 563 g/mol. The van der Waals surface area contributed by atoms with E-state index in [4.69, 9.17) is 27.7 Å². The number of carboxylic acids is 1. The Kier molecular flexibility index (Phi) is 6.61. The van der Waals surface area contributed by atoms with Crippen LogP contribution in [0.4, 0.5) is 5.82 Å². The molecule has 9 heteroatoms. The van der Waals surface area contributed by atoms with Gasteiger partial charge in [0.1, 0.15) is 22.9 Å². The molecule has 0 atom stereocenters. The highest BCUT2D eigenvalue weighted by Crippen LogP contribution is 2.46. The summed E-state index contributed by atoms with van der Waals surface area (Å²) in [5.74, 6) is 0.864. The number of aliphatic hydroxyl groups is 1. The minimum atomic E-state index is -1.14. The second-order valence-corrected chi connectivity index (χ2v) is 11.3. The predicted octanol–water partition coefficient (Wildman–Crippen LogP) is 6.42. The van der Waals surface area contributed by atoms with Crippen molar-refractivity contribution in [1.82, 2.24) is 10.1 Å². The average molecular weight is 564 g/mol. The van der Waals surface area contributed by atoms with Crippen molar-refractivity contribution >= 4 is 35.0 Å². The molecule has 4 aromatic rings. The van der Waals surface area contributed by atoms with Crippen molar-refractivity contribution in [3.05, 3.63) is 98.4 Å². The lowest BCUT2D eigenvalue weighted by atomic mass is 9.85. The van der Waals surface area contributed by atoms with Gasteiger partial charge in [0.2, 0.25) is 0 Å². The average Bonchev–Trinajstić information content (AvgIpc) is 3.66. The summed E-state index contributed by atoms with van der Waals surface area (Å²) < 4.78 is 5.84. The van der Waals surface area contributed by atoms with Gasteiger partial charge in [-0.3, -0.25) is 0 Å². The zero-order valence-electron chi connectivity index (χ0n) is 21.3. The van der Waals surface area contributed by atoms with Crippen molar-refractivity contribution < 1.29 is 19.5 Å². The molecule has 1 aliphatic heterocycles. The number of anilines is 1. The van der Waals surface area contributed by atoms with Gasteiger partial charge in [0.15, 0.2) is 0 Å². The number of carbonyl (C=O) groups is 1. The number of nitrogens with zero attached hydrogens (tertiary/aromatic N) is 3. The highest BCUT2D eigenvalue weighted by atomic mass is 35.5. The van der Waals surface area contributed by atoms with Crippen molar-refractivity contribution in [3.63, 3.8) is 0 Å². The summed E-state index contributed by atoms with van der Waals surface area (Å²) in [6.07, 6.45) is 5.13. The largest absolute Gasteiger partial charge is 0.478 e. The maximum Gasteiger partial charge on any atom is 0.335 e. The molecule has 1 saturated heterocycles. The first-order chi connectivity index (χ1) is 18.7. The van der Waals surface area contributed by atoms with Gasteiger partial charge >= 0.3 is 5.97 Å².